The molecule has 0 saturated heterocycles. The maximum Gasteiger partial charge on any atom is 0.270 e. The quantitative estimate of drug-likeness (QED) is 0.154. The van der Waals surface area contributed by atoms with Gasteiger partial charge in [-0.3, -0.25) is 14.4 Å². The van der Waals surface area contributed by atoms with Crippen molar-refractivity contribution in [2.45, 2.75) is 76.6 Å². The van der Waals surface area contributed by atoms with Gasteiger partial charge >= 0.3 is 0 Å². The fourth-order valence-electron chi connectivity index (χ4n) is 4.97. The molecule has 0 fully saturated rings. The Balaban J connectivity index is 1.53. The molecule has 9 heteroatoms. The lowest BCUT2D eigenvalue weighted by Gasteiger charge is -2.33. The normalized spacial score (nSPS) is 13.8. The molecule has 3 amide bonds. The summed E-state index contributed by atoms with van der Waals surface area (Å²) in [4.78, 5) is 45.5. The van der Waals surface area contributed by atoms with Crippen LogP contribution in [0.5, 0.6) is 0 Å². The van der Waals surface area contributed by atoms with Crippen LogP contribution >= 0.6 is 11.8 Å². The first-order valence-electron chi connectivity index (χ1n) is 15.4. The number of hydrogen-bond acceptors (Lipinski definition) is 6. The molecule has 1 aromatic heterocycles. The lowest BCUT2D eigenvalue weighted by molar-refractivity contribution is -0.126. The van der Waals surface area contributed by atoms with Gasteiger partial charge in [0.15, 0.2) is 0 Å². The number of thioether (sulfide) groups is 1. The Morgan fingerprint density at radius 3 is 2.13 bits per heavy atom. The summed E-state index contributed by atoms with van der Waals surface area (Å²) < 4.78 is 0. The van der Waals surface area contributed by atoms with E-state index < -0.39 is 41.0 Å². The predicted molar refractivity (Wildman–Crippen MR) is 185 cm³/mol. The fraction of sp³-hybridized carbons (Fsp3) is 0.351. The van der Waals surface area contributed by atoms with Crippen molar-refractivity contribution >= 4 is 40.4 Å². The Hall–Kier alpha value is -4.21. The monoisotopic (exact) mass is 640 g/mol. The second kappa shape index (κ2) is 14.9. The van der Waals surface area contributed by atoms with Crippen LogP contribution in [0, 0.1) is 5.41 Å². The van der Waals surface area contributed by atoms with E-state index in [1.165, 1.54) is 11.8 Å². The van der Waals surface area contributed by atoms with Crippen LogP contribution in [0.1, 0.15) is 68.0 Å². The summed E-state index contributed by atoms with van der Waals surface area (Å²) in [7, 11) is 0. The number of carbonyl (C=O) groups excluding carboxylic acids is 3. The van der Waals surface area contributed by atoms with Gasteiger partial charge in [0, 0.05) is 21.6 Å². The highest BCUT2D eigenvalue weighted by atomic mass is 32.2. The molecule has 4 aromatic rings. The SMILES string of the molecule is CC(C)(C)NC(=O)c1ccccc1SC[C@H](O)[C@H](Cc1ccccc1)NC(=O)[C@@H](NC(=O)c1ccc2ccccc2n1)C(C)(C)C. The maximum absolute atomic E-state index is 13.9. The zero-order chi connectivity index (χ0) is 33.5. The van der Waals surface area contributed by atoms with Gasteiger partial charge in [0.1, 0.15) is 11.7 Å². The van der Waals surface area contributed by atoms with Crippen molar-refractivity contribution in [2.75, 3.05) is 5.75 Å². The topological polar surface area (TPSA) is 120 Å². The largest absolute Gasteiger partial charge is 0.390 e. The molecule has 0 spiro atoms. The summed E-state index contributed by atoms with van der Waals surface area (Å²) in [5.41, 5.74) is 1.32. The highest BCUT2D eigenvalue weighted by Gasteiger charge is 2.35. The minimum absolute atomic E-state index is 0.191. The van der Waals surface area contributed by atoms with Gasteiger partial charge in [0.05, 0.1) is 23.2 Å². The lowest BCUT2D eigenvalue weighted by Crippen LogP contribution is -2.57. The maximum atomic E-state index is 13.9. The van der Waals surface area contributed by atoms with Crippen LogP contribution in [0.15, 0.2) is 95.9 Å². The average molecular weight is 641 g/mol. The fourth-order valence-corrected chi connectivity index (χ4v) is 6.04. The van der Waals surface area contributed by atoms with Crippen LogP contribution in [-0.2, 0) is 11.2 Å². The van der Waals surface area contributed by atoms with E-state index in [1.807, 2.05) is 120 Å². The number of amides is 3. The molecule has 3 aromatic carbocycles. The molecule has 0 unspecified atom stereocenters. The number of aliphatic hydroxyl groups is 1. The Bertz CT molecular complexity index is 1660. The van der Waals surface area contributed by atoms with Gasteiger partial charge in [0.2, 0.25) is 5.91 Å². The number of benzene rings is 3. The number of hydrogen-bond donors (Lipinski definition) is 4. The van der Waals surface area contributed by atoms with Gasteiger partial charge in [-0.15, -0.1) is 11.8 Å². The van der Waals surface area contributed by atoms with Crippen LogP contribution < -0.4 is 16.0 Å². The molecule has 0 bridgehead atoms. The molecular formula is C37H44N4O4S. The molecule has 46 heavy (non-hydrogen) atoms. The first kappa shape index (κ1) is 34.7. The number of carbonyl (C=O) groups is 3. The van der Waals surface area contributed by atoms with Crippen LogP contribution in [0.3, 0.4) is 0 Å². The number of rotatable bonds is 11. The third-order valence-electron chi connectivity index (χ3n) is 7.36. The highest BCUT2D eigenvalue weighted by molar-refractivity contribution is 7.99. The van der Waals surface area contributed by atoms with Gasteiger partial charge < -0.3 is 21.1 Å². The summed E-state index contributed by atoms with van der Waals surface area (Å²) >= 11 is 1.36. The lowest BCUT2D eigenvalue weighted by atomic mass is 9.85. The van der Waals surface area contributed by atoms with Crippen LogP contribution in [-0.4, -0.2) is 57.3 Å². The first-order valence-corrected chi connectivity index (χ1v) is 16.4. The molecule has 0 aliphatic rings. The number of nitrogens with zero attached hydrogens (tertiary/aromatic N) is 1. The van der Waals surface area contributed by atoms with Gasteiger partial charge in [-0.2, -0.15) is 0 Å². The Labute approximate surface area is 275 Å². The van der Waals surface area contributed by atoms with E-state index in [0.29, 0.717) is 17.5 Å². The van der Waals surface area contributed by atoms with Crippen LogP contribution in [0.2, 0.25) is 0 Å². The second-order valence-electron chi connectivity index (χ2n) is 13.5. The van der Waals surface area contributed by atoms with E-state index in [4.69, 9.17) is 0 Å². The minimum Gasteiger partial charge on any atom is -0.390 e. The van der Waals surface area contributed by atoms with Crippen LogP contribution in [0.4, 0.5) is 0 Å². The molecule has 3 atom stereocenters. The van der Waals surface area contributed by atoms with Gasteiger partial charge in [-0.1, -0.05) is 87.5 Å². The van der Waals surface area contributed by atoms with E-state index in [1.54, 1.807) is 12.1 Å². The second-order valence-corrected chi connectivity index (χ2v) is 14.6. The van der Waals surface area contributed by atoms with E-state index >= 15 is 0 Å². The Morgan fingerprint density at radius 1 is 0.783 bits per heavy atom. The molecule has 0 aliphatic heterocycles. The highest BCUT2D eigenvalue weighted by Crippen LogP contribution is 2.26. The molecule has 0 aliphatic carbocycles. The number of para-hydroxylation sites is 1. The van der Waals surface area contributed by atoms with Crippen molar-refractivity contribution < 1.29 is 19.5 Å². The van der Waals surface area contributed by atoms with Crippen molar-refractivity contribution in [3.8, 4) is 0 Å². The molecule has 4 N–H and O–H groups in total. The molecular weight excluding hydrogens is 596 g/mol. The molecule has 0 radical (unpaired) electrons. The van der Waals surface area contributed by atoms with Gasteiger partial charge in [-0.25, -0.2) is 4.98 Å². The first-order chi connectivity index (χ1) is 21.7. The molecule has 0 saturated carbocycles. The zero-order valence-electron chi connectivity index (χ0n) is 27.3. The van der Waals surface area contributed by atoms with Crippen molar-refractivity contribution in [3.05, 3.63) is 108 Å². The predicted octanol–water partition coefficient (Wildman–Crippen LogP) is 5.79. The smallest absolute Gasteiger partial charge is 0.270 e. The summed E-state index contributed by atoms with van der Waals surface area (Å²) in [6.45, 7) is 11.4. The minimum atomic E-state index is -0.966. The zero-order valence-corrected chi connectivity index (χ0v) is 28.2. The summed E-state index contributed by atoms with van der Waals surface area (Å²) in [5, 5.41) is 21.4. The number of aromatic nitrogens is 1. The molecule has 1 heterocycles. The Kier molecular flexibility index (Phi) is 11.2. The van der Waals surface area contributed by atoms with E-state index in [-0.39, 0.29) is 17.4 Å². The van der Waals surface area contributed by atoms with Crippen molar-refractivity contribution in [2.24, 2.45) is 5.41 Å². The van der Waals surface area contributed by atoms with Crippen molar-refractivity contribution in [3.63, 3.8) is 0 Å². The van der Waals surface area contributed by atoms with Gasteiger partial charge in [-0.05, 0) is 62.4 Å². The van der Waals surface area contributed by atoms with Gasteiger partial charge in [0.25, 0.3) is 11.8 Å². The number of aliphatic hydroxyl groups excluding tert-OH is 1. The standard InChI is InChI=1S/C37H44N4O4S/c1-36(2,3)32(40-34(44)28-21-20-25-16-10-12-18-27(25)38-28)35(45)39-29(22-24-14-8-7-9-15-24)30(42)23-46-31-19-13-11-17-26(31)33(43)41-37(4,5)6/h7-21,29-30,32,42H,22-23H2,1-6H3,(H,39,45)(H,40,44)(H,41,43)/t29-,30-,32+/m0/s1. The molecule has 242 valence electrons. The summed E-state index contributed by atoms with van der Waals surface area (Å²) in [5.74, 6) is -0.826. The van der Waals surface area contributed by atoms with Crippen molar-refractivity contribution in [1.29, 1.82) is 0 Å². The molecule has 8 nitrogen and oxygen atoms in total. The van der Waals surface area contributed by atoms with E-state index in [9.17, 15) is 19.5 Å². The summed E-state index contributed by atoms with van der Waals surface area (Å²) in [6, 6.07) is 26.3. The van der Waals surface area contributed by atoms with E-state index in [0.717, 1.165) is 15.8 Å². The van der Waals surface area contributed by atoms with Crippen molar-refractivity contribution in [1.82, 2.24) is 20.9 Å². The number of nitrogens with one attached hydrogen (secondary N) is 3. The molecule has 4 rings (SSSR count). The number of pyridine rings is 1. The van der Waals surface area contributed by atoms with E-state index in [2.05, 4.69) is 20.9 Å². The summed E-state index contributed by atoms with van der Waals surface area (Å²) in [6.07, 6.45) is -0.594. The average Bonchev–Trinajstić information content (AvgIpc) is 3.01. The third-order valence-corrected chi connectivity index (χ3v) is 8.53. The number of fused-ring (bicyclic) bond motifs is 1. The Morgan fingerprint density at radius 2 is 1.43 bits per heavy atom. The van der Waals surface area contributed by atoms with Crippen LogP contribution in [0.25, 0.3) is 10.9 Å². The third kappa shape index (κ3) is 9.64.